The minimum Gasteiger partial charge on any atom is -0.480 e. The number of carboxylic acids is 1. The van der Waals surface area contributed by atoms with E-state index in [-0.39, 0.29) is 5.92 Å². The molecule has 5 nitrogen and oxygen atoms in total. The van der Waals surface area contributed by atoms with Crippen LogP contribution in [-0.4, -0.2) is 26.2 Å². The average Bonchev–Trinajstić information content (AvgIpc) is 3.02. The number of hydrogen-bond acceptors (Lipinski definition) is 3. The number of carboxylic acid groups (broad SMARTS) is 1. The molecule has 0 amide bonds. The first-order chi connectivity index (χ1) is 7.45. The van der Waals surface area contributed by atoms with Crippen LogP contribution >= 0.6 is 0 Å². The third-order valence-electron chi connectivity index (χ3n) is 3.48. The minimum absolute atomic E-state index is 0.104. The summed E-state index contributed by atoms with van der Waals surface area (Å²) in [5.41, 5.74) is 6.77. The molecule has 0 spiro atoms. The van der Waals surface area contributed by atoms with E-state index in [0.717, 1.165) is 24.2 Å². The van der Waals surface area contributed by atoms with Gasteiger partial charge in [-0.15, -0.1) is 0 Å². The highest BCUT2D eigenvalue weighted by molar-refractivity contribution is 5.79. The number of aryl methyl sites for hydroxylation is 1. The lowest BCUT2D eigenvalue weighted by Gasteiger charge is -2.25. The second-order valence-corrected chi connectivity index (χ2v) is 4.66. The van der Waals surface area contributed by atoms with Crippen molar-refractivity contribution in [3.8, 4) is 0 Å². The van der Waals surface area contributed by atoms with Crippen molar-refractivity contribution in [3.05, 3.63) is 17.7 Å². The van der Waals surface area contributed by atoms with Crippen molar-refractivity contribution in [3.63, 3.8) is 0 Å². The largest absolute Gasteiger partial charge is 0.480 e. The van der Waals surface area contributed by atoms with E-state index in [0.29, 0.717) is 6.54 Å². The molecule has 88 valence electrons. The summed E-state index contributed by atoms with van der Waals surface area (Å²) in [6, 6.07) is 0. The number of nitrogens with zero attached hydrogens (tertiary/aromatic N) is 2. The average molecular weight is 223 g/mol. The van der Waals surface area contributed by atoms with Crippen molar-refractivity contribution < 1.29 is 9.90 Å². The predicted molar refractivity (Wildman–Crippen MR) is 59.0 cm³/mol. The molecule has 0 radical (unpaired) electrons. The van der Waals surface area contributed by atoms with Crippen LogP contribution in [0, 0.1) is 19.8 Å². The first-order valence-corrected chi connectivity index (χ1v) is 5.45. The van der Waals surface area contributed by atoms with E-state index in [1.54, 1.807) is 6.33 Å². The van der Waals surface area contributed by atoms with Crippen molar-refractivity contribution in [2.24, 2.45) is 11.7 Å². The van der Waals surface area contributed by atoms with Crippen molar-refractivity contribution in [2.75, 3.05) is 0 Å². The third-order valence-corrected chi connectivity index (χ3v) is 3.48. The van der Waals surface area contributed by atoms with Crippen LogP contribution in [0.4, 0.5) is 0 Å². The van der Waals surface area contributed by atoms with Crippen LogP contribution in [0.3, 0.4) is 0 Å². The van der Waals surface area contributed by atoms with Crippen molar-refractivity contribution in [2.45, 2.75) is 38.8 Å². The van der Waals surface area contributed by atoms with Gasteiger partial charge in [0.05, 0.1) is 18.6 Å². The Hall–Kier alpha value is -1.36. The molecule has 1 aromatic heterocycles. The zero-order valence-corrected chi connectivity index (χ0v) is 9.60. The molecule has 1 aliphatic rings. The van der Waals surface area contributed by atoms with Gasteiger partial charge in [-0.2, -0.15) is 0 Å². The minimum atomic E-state index is -1.14. The first kappa shape index (κ1) is 11.1. The zero-order chi connectivity index (χ0) is 11.9. The fourth-order valence-corrected chi connectivity index (χ4v) is 1.96. The lowest BCUT2D eigenvalue weighted by atomic mass is 9.94. The van der Waals surface area contributed by atoms with Crippen LogP contribution in [0.1, 0.15) is 24.2 Å². The quantitative estimate of drug-likeness (QED) is 0.787. The summed E-state index contributed by atoms with van der Waals surface area (Å²) < 4.78 is 1.84. The smallest absolute Gasteiger partial charge is 0.325 e. The standard InChI is InChI=1S/C11H17N3O2/c1-7-8(2)14(6-13-7)5-11(12,10(15)16)9-3-4-9/h6,9H,3-5,12H2,1-2H3,(H,15,16). The summed E-state index contributed by atoms with van der Waals surface area (Å²) >= 11 is 0. The number of nitrogens with two attached hydrogens (primary N) is 1. The zero-order valence-electron chi connectivity index (χ0n) is 9.60. The Labute approximate surface area is 94.3 Å². The predicted octanol–water partition coefficient (Wildman–Crippen LogP) is 0.692. The number of aliphatic carboxylic acids is 1. The van der Waals surface area contributed by atoms with Crippen LogP contribution in [0.25, 0.3) is 0 Å². The molecule has 16 heavy (non-hydrogen) atoms. The van der Waals surface area contributed by atoms with Crippen LogP contribution in [0.5, 0.6) is 0 Å². The normalized spacial score (nSPS) is 19.4. The number of aromatic nitrogens is 2. The monoisotopic (exact) mass is 223 g/mol. The Morgan fingerprint density at radius 3 is 2.69 bits per heavy atom. The molecule has 1 saturated carbocycles. The summed E-state index contributed by atoms with van der Waals surface area (Å²) in [6.07, 6.45) is 3.49. The maximum atomic E-state index is 11.3. The van der Waals surface area contributed by atoms with Gasteiger partial charge in [-0.3, -0.25) is 4.79 Å². The molecule has 0 bridgehead atoms. The number of carbonyl (C=O) groups is 1. The van der Waals surface area contributed by atoms with Crippen molar-refractivity contribution in [1.29, 1.82) is 0 Å². The highest BCUT2D eigenvalue weighted by atomic mass is 16.4. The fourth-order valence-electron chi connectivity index (χ4n) is 1.96. The van der Waals surface area contributed by atoms with E-state index in [1.165, 1.54) is 0 Å². The second-order valence-electron chi connectivity index (χ2n) is 4.66. The fraction of sp³-hybridized carbons (Fsp3) is 0.636. The van der Waals surface area contributed by atoms with Gasteiger partial charge in [-0.05, 0) is 32.6 Å². The van der Waals surface area contributed by atoms with Gasteiger partial charge in [0.1, 0.15) is 5.54 Å². The molecule has 1 unspecified atom stereocenters. The van der Waals surface area contributed by atoms with Crippen LogP contribution in [0.2, 0.25) is 0 Å². The maximum absolute atomic E-state index is 11.3. The Balaban J connectivity index is 2.24. The second kappa shape index (κ2) is 3.59. The number of rotatable bonds is 4. The Bertz CT molecular complexity index is 423. The molecule has 1 atom stereocenters. The topological polar surface area (TPSA) is 81.1 Å². The third kappa shape index (κ3) is 1.71. The van der Waals surface area contributed by atoms with Gasteiger partial charge in [-0.25, -0.2) is 4.98 Å². The molecule has 1 fully saturated rings. The van der Waals surface area contributed by atoms with E-state index >= 15 is 0 Å². The van der Waals surface area contributed by atoms with E-state index < -0.39 is 11.5 Å². The van der Waals surface area contributed by atoms with Crippen molar-refractivity contribution in [1.82, 2.24) is 9.55 Å². The first-order valence-electron chi connectivity index (χ1n) is 5.45. The highest BCUT2D eigenvalue weighted by Gasteiger charge is 2.48. The summed E-state index contributed by atoms with van der Waals surface area (Å²) in [5, 5.41) is 9.24. The molecule has 2 rings (SSSR count). The number of hydrogen-bond donors (Lipinski definition) is 2. The van der Waals surface area contributed by atoms with Gasteiger partial charge >= 0.3 is 5.97 Å². The van der Waals surface area contributed by atoms with E-state index in [4.69, 9.17) is 5.73 Å². The summed E-state index contributed by atoms with van der Waals surface area (Å²) in [5.74, 6) is -0.812. The number of imidazole rings is 1. The molecular formula is C11H17N3O2. The molecule has 1 aliphatic carbocycles. The molecule has 0 aromatic carbocycles. The summed E-state index contributed by atoms with van der Waals surface area (Å²) in [6.45, 7) is 4.14. The molecule has 5 heteroatoms. The van der Waals surface area contributed by atoms with Crippen LogP contribution in [0.15, 0.2) is 6.33 Å². The Kier molecular flexibility index (Phi) is 2.50. The molecule has 0 saturated heterocycles. The molecular weight excluding hydrogens is 206 g/mol. The van der Waals surface area contributed by atoms with Gasteiger partial charge in [0.15, 0.2) is 0 Å². The summed E-state index contributed by atoms with van der Waals surface area (Å²) in [4.78, 5) is 15.4. The highest BCUT2D eigenvalue weighted by Crippen LogP contribution is 2.39. The van der Waals surface area contributed by atoms with Gasteiger partial charge < -0.3 is 15.4 Å². The molecule has 3 N–H and O–H groups in total. The van der Waals surface area contributed by atoms with Crippen molar-refractivity contribution >= 4 is 5.97 Å². The maximum Gasteiger partial charge on any atom is 0.325 e. The Morgan fingerprint density at radius 2 is 2.31 bits per heavy atom. The van der Waals surface area contributed by atoms with Gasteiger partial charge in [0.2, 0.25) is 0 Å². The van der Waals surface area contributed by atoms with E-state index in [1.807, 2.05) is 18.4 Å². The molecule has 1 heterocycles. The molecule has 0 aliphatic heterocycles. The summed E-state index contributed by atoms with van der Waals surface area (Å²) in [7, 11) is 0. The van der Waals surface area contributed by atoms with Gasteiger partial charge in [0.25, 0.3) is 0 Å². The lowest BCUT2D eigenvalue weighted by Crippen LogP contribution is -2.53. The van der Waals surface area contributed by atoms with Crippen LogP contribution < -0.4 is 5.73 Å². The Morgan fingerprint density at radius 1 is 1.69 bits per heavy atom. The van der Waals surface area contributed by atoms with Gasteiger partial charge in [-0.1, -0.05) is 0 Å². The lowest BCUT2D eigenvalue weighted by molar-refractivity contribution is -0.144. The van der Waals surface area contributed by atoms with Crippen LogP contribution in [-0.2, 0) is 11.3 Å². The van der Waals surface area contributed by atoms with E-state index in [9.17, 15) is 9.90 Å². The molecule has 1 aromatic rings. The SMILES string of the molecule is Cc1ncn(CC(N)(C(=O)O)C2CC2)c1C. The van der Waals surface area contributed by atoms with E-state index in [2.05, 4.69) is 4.98 Å². The van der Waals surface area contributed by atoms with Gasteiger partial charge in [0, 0.05) is 5.69 Å².